The van der Waals surface area contributed by atoms with E-state index in [1.165, 1.54) is 0 Å². The van der Waals surface area contributed by atoms with Gasteiger partial charge in [-0.1, -0.05) is 31.2 Å². The second-order valence-electron chi connectivity index (χ2n) is 4.26. The molecule has 0 aliphatic rings. The van der Waals surface area contributed by atoms with E-state index in [0.717, 1.165) is 23.3 Å². The fourth-order valence-electron chi connectivity index (χ4n) is 1.79. The summed E-state index contributed by atoms with van der Waals surface area (Å²) >= 11 is 0. The monoisotopic (exact) mass is 256 g/mol. The summed E-state index contributed by atoms with van der Waals surface area (Å²) in [7, 11) is 0. The van der Waals surface area contributed by atoms with Crippen LogP contribution in [0.1, 0.15) is 23.7 Å². The van der Waals surface area contributed by atoms with Gasteiger partial charge in [-0.15, -0.1) is 0 Å². The fraction of sp³-hybridized carbons (Fsp3) is 0.188. The number of hydrogen-bond donors (Lipinski definition) is 1. The maximum absolute atomic E-state index is 10.8. The highest BCUT2D eigenvalue weighted by atomic mass is 16.5. The Morgan fingerprint density at radius 1 is 1.11 bits per heavy atom. The first-order valence-corrected chi connectivity index (χ1v) is 6.27. The number of carboxylic acid groups (broad SMARTS) is 1. The summed E-state index contributed by atoms with van der Waals surface area (Å²) < 4.78 is 5.59. The molecule has 2 rings (SSSR count). The quantitative estimate of drug-likeness (QED) is 0.884. The van der Waals surface area contributed by atoms with Gasteiger partial charge in [0.05, 0.1) is 12.2 Å². The topological polar surface area (TPSA) is 46.5 Å². The van der Waals surface area contributed by atoms with Crippen LogP contribution < -0.4 is 4.74 Å². The summed E-state index contributed by atoms with van der Waals surface area (Å²) in [6, 6.07) is 14.6. The van der Waals surface area contributed by atoms with Gasteiger partial charge < -0.3 is 9.84 Å². The highest BCUT2D eigenvalue weighted by Crippen LogP contribution is 2.24. The highest BCUT2D eigenvalue weighted by molar-refractivity contribution is 5.88. The Morgan fingerprint density at radius 2 is 1.84 bits per heavy atom. The lowest BCUT2D eigenvalue weighted by Crippen LogP contribution is -1.96. The molecule has 0 saturated carbocycles. The van der Waals surface area contributed by atoms with E-state index in [-0.39, 0.29) is 0 Å². The van der Waals surface area contributed by atoms with Crippen molar-refractivity contribution >= 4 is 5.97 Å². The number of carboxylic acids is 1. The van der Waals surface area contributed by atoms with Gasteiger partial charge in [0, 0.05) is 0 Å². The number of rotatable bonds is 5. The van der Waals surface area contributed by atoms with Crippen LogP contribution in [-0.4, -0.2) is 17.7 Å². The SMILES string of the molecule is CCCOc1cccc(-c2ccc(C(=O)O)cc2)c1. The standard InChI is InChI=1S/C16H16O3/c1-2-10-19-15-5-3-4-14(11-15)12-6-8-13(9-7-12)16(17)18/h3-9,11H,2,10H2,1H3,(H,17,18). The van der Waals surface area contributed by atoms with Crippen LogP contribution in [0.5, 0.6) is 5.75 Å². The van der Waals surface area contributed by atoms with E-state index < -0.39 is 5.97 Å². The molecule has 1 N–H and O–H groups in total. The van der Waals surface area contributed by atoms with E-state index in [0.29, 0.717) is 12.2 Å². The van der Waals surface area contributed by atoms with Crippen LogP contribution in [0.25, 0.3) is 11.1 Å². The van der Waals surface area contributed by atoms with E-state index in [9.17, 15) is 4.79 Å². The molecule has 0 fully saturated rings. The molecule has 2 aromatic rings. The van der Waals surface area contributed by atoms with Crippen LogP contribution in [-0.2, 0) is 0 Å². The number of carbonyl (C=O) groups is 1. The maximum Gasteiger partial charge on any atom is 0.335 e. The maximum atomic E-state index is 10.8. The van der Waals surface area contributed by atoms with Crippen LogP contribution >= 0.6 is 0 Å². The Hall–Kier alpha value is -2.29. The van der Waals surface area contributed by atoms with Gasteiger partial charge >= 0.3 is 5.97 Å². The zero-order valence-corrected chi connectivity index (χ0v) is 10.8. The normalized spacial score (nSPS) is 10.2. The first-order valence-electron chi connectivity index (χ1n) is 6.27. The van der Waals surface area contributed by atoms with Crippen LogP contribution in [0.4, 0.5) is 0 Å². The van der Waals surface area contributed by atoms with Crippen LogP contribution in [0.3, 0.4) is 0 Å². The van der Waals surface area contributed by atoms with Crippen molar-refractivity contribution in [3.8, 4) is 16.9 Å². The minimum absolute atomic E-state index is 0.294. The molecule has 19 heavy (non-hydrogen) atoms. The second kappa shape index (κ2) is 6.05. The van der Waals surface area contributed by atoms with Crippen molar-refractivity contribution in [2.24, 2.45) is 0 Å². The molecule has 0 amide bonds. The summed E-state index contributed by atoms with van der Waals surface area (Å²) in [6.45, 7) is 2.76. The summed E-state index contributed by atoms with van der Waals surface area (Å²) in [6.07, 6.45) is 0.970. The van der Waals surface area contributed by atoms with Gasteiger partial charge in [0.15, 0.2) is 0 Å². The number of hydrogen-bond acceptors (Lipinski definition) is 2. The Bertz CT molecular complexity index is 558. The Morgan fingerprint density at radius 3 is 2.47 bits per heavy atom. The van der Waals surface area contributed by atoms with Crippen molar-refractivity contribution in [3.05, 3.63) is 54.1 Å². The molecule has 0 aromatic heterocycles. The second-order valence-corrected chi connectivity index (χ2v) is 4.26. The van der Waals surface area contributed by atoms with E-state index in [4.69, 9.17) is 9.84 Å². The summed E-state index contributed by atoms with van der Waals surface area (Å²) in [5, 5.41) is 8.87. The summed E-state index contributed by atoms with van der Waals surface area (Å²) in [4.78, 5) is 10.8. The Labute approximate surface area is 112 Å². The molecule has 0 radical (unpaired) electrons. The summed E-state index contributed by atoms with van der Waals surface area (Å²) in [5.41, 5.74) is 2.29. The molecule has 0 aliphatic carbocycles. The van der Waals surface area contributed by atoms with Gasteiger partial charge in [0.2, 0.25) is 0 Å². The molecule has 3 nitrogen and oxygen atoms in total. The zero-order chi connectivity index (χ0) is 13.7. The third-order valence-corrected chi connectivity index (χ3v) is 2.77. The smallest absolute Gasteiger partial charge is 0.335 e. The van der Waals surface area contributed by atoms with E-state index in [2.05, 4.69) is 6.92 Å². The minimum Gasteiger partial charge on any atom is -0.494 e. The first-order chi connectivity index (χ1) is 9.20. The zero-order valence-electron chi connectivity index (χ0n) is 10.8. The Kier molecular flexibility index (Phi) is 4.18. The average molecular weight is 256 g/mol. The first kappa shape index (κ1) is 13.1. The van der Waals surface area contributed by atoms with Crippen molar-refractivity contribution in [2.75, 3.05) is 6.61 Å². The lowest BCUT2D eigenvalue weighted by atomic mass is 10.0. The Balaban J connectivity index is 2.23. The molecule has 0 spiro atoms. The van der Waals surface area contributed by atoms with E-state index in [1.807, 2.05) is 36.4 Å². The molecular formula is C16H16O3. The predicted octanol–water partition coefficient (Wildman–Crippen LogP) is 3.84. The minimum atomic E-state index is -0.911. The molecule has 2 aromatic carbocycles. The van der Waals surface area contributed by atoms with E-state index in [1.54, 1.807) is 12.1 Å². The molecule has 98 valence electrons. The molecule has 0 atom stereocenters. The lowest BCUT2D eigenvalue weighted by Gasteiger charge is -2.07. The van der Waals surface area contributed by atoms with Gasteiger partial charge in [-0.2, -0.15) is 0 Å². The van der Waals surface area contributed by atoms with Crippen molar-refractivity contribution in [1.29, 1.82) is 0 Å². The number of aromatic carboxylic acids is 1. The van der Waals surface area contributed by atoms with Crippen molar-refractivity contribution in [2.45, 2.75) is 13.3 Å². The lowest BCUT2D eigenvalue weighted by molar-refractivity contribution is 0.0697. The third-order valence-electron chi connectivity index (χ3n) is 2.77. The number of benzene rings is 2. The summed E-state index contributed by atoms with van der Waals surface area (Å²) in [5.74, 6) is -0.0757. The largest absolute Gasteiger partial charge is 0.494 e. The van der Waals surface area contributed by atoms with Gasteiger partial charge in [-0.25, -0.2) is 4.79 Å². The molecule has 3 heteroatoms. The van der Waals surface area contributed by atoms with Crippen LogP contribution in [0.2, 0.25) is 0 Å². The van der Waals surface area contributed by atoms with E-state index >= 15 is 0 Å². The third kappa shape index (κ3) is 3.35. The molecular weight excluding hydrogens is 240 g/mol. The van der Waals surface area contributed by atoms with Crippen molar-refractivity contribution < 1.29 is 14.6 Å². The van der Waals surface area contributed by atoms with Crippen molar-refractivity contribution in [1.82, 2.24) is 0 Å². The van der Waals surface area contributed by atoms with Crippen molar-refractivity contribution in [3.63, 3.8) is 0 Å². The molecule has 0 bridgehead atoms. The molecule has 0 saturated heterocycles. The molecule has 0 heterocycles. The average Bonchev–Trinajstić information content (AvgIpc) is 2.45. The molecule has 0 unspecified atom stereocenters. The van der Waals surface area contributed by atoms with Gasteiger partial charge in [0.25, 0.3) is 0 Å². The van der Waals surface area contributed by atoms with Gasteiger partial charge in [0.1, 0.15) is 5.75 Å². The molecule has 0 aliphatic heterocycles. The predicted molar refractivity (Wildman–Crippen MR) is 74.6 cm³/mol. The number of ether oxygens (including phenoxy) is 1. The van der Waals surface area contributed by atoms with Gasteiger partial charge in [-0.05, 0) is 41.8 Å². The van der Waals surface area contributed by atoms with Crippen LogP contribution in [0, 0.1) is 0 Å². The fourth-order valence-corrected chi connectivity index (χ4v) is 1.79. The van der Waals surface area contributed by atoms with Gasteiger partial charge in [-0.3, -0.25) is 0 Å². The highest BCUT2D eigenvalue weighted by Gasteiger charge is 2.04. The van der Waals surface area contributed by atoms with Crippen LogP contribution in [0.15, 0.2) is 48.5 Å².